The van der Waals surface area contributed by atoms with Crippen LogP contribution >= 0.6 is 0 Å². The summed E-state index contributed by atoms with van der Waals surface area (Å²) in [5.41, 5.74) is 0.326. The highest BCUT2D eigenvalue weighted by atomic mass is 16.5. The Labute approximate surface area is 115 Å². The van der Waals surface area contributed by atoms with Gasteiger partial charge < -0.3 is 19.7 Å². The number of fused-ring (bicyclic) bond motifs is 1. The molecule has 1 unspecified atom stereocenters. The molecule has 1 aromatic carbocycles. The zero-order valence-corrected chi connectivity index (χ0v) is 11.0. The first kappa shape index (κ1) is 13.1. The monoisotopic (exact) mass is 276 g/mol. The first-order valence-corrected chi connectivity index (χ1v) is 6.56. The molecule has 3 rings (SSSR count). The molecule has 1 amide bonds. The lowest BCUT2D eigenvalue weighted by Crippen LogP contribution is -2.43. The van der Waals surface area contributed by atoms with Gasteiger partial charge in [-0.25, -0.2) is 0 Å². The topological polar surface area (TPSA) is 84.6 Å². The Kier molecular flexibility index (Phi) is 3.42. The van der Waals surface area contributed by atoms with E-state index in [1.54, 1.807) is 0 Å². The molecule has 1 atom stereocenters. The summed E-state index contributed by atoms with van der Waals surface area (Å²) in [6, 6.07) is 7.40. The molecule has 2 heterocycles. The number of aromatic nitrogens is 1. The molecule has 0 spiro atoms. The van der Waals surface area contributed by atoms with Crippen molar-refractivity contribution in [3.63, 3.8) is 0 Å². The molecule has 1 aliphatic heterocycles. The van der Waals surface area contributed by atoms with E-state index in [4.69, 9.17) is 9.26 Å². The highest BCUT2D eigenvalue weighted by Gasteiger charge is 2.32. The summed E-state index contributed by atoms with van der Waals surface area (Å²) in [6.45, 7) is 0.988. The third-order valence-corrected chi connectivity index (χ3v) is 3.48. The fourth-order valence-electron chi connectivity index (χ4n) is 2.28. The van der Waals surface area contributed by atoms with E-state index in [0.29, 0.717) is 24.3 Å². The lowest BCUT2D eigenvalue weighted by molar-refractivity contribution is -0.121. The molecule has 0 radical (unpaired) electrons. The Morgan fingerprint density at radius 1 is 1.45 bits per heavy atom. The van der Waals surface area contributed by atoms with Crippen molar-refractivity contribution in [2.24, 2.45) is 0 Å². The minimum absolute atomic E-state index is 0.133. The summed E-state index contributed by atoms with van der Waals surface area (Å²) in [5, 5.41) is 17.5. The van der Waals surface area contributed by atoms with Crippen LogP contribution in [0.5, 0.6) is 0 Å². The van der Waals surface area contributed by atoms with Gasteiger partial charge in [0.15, 0.2) is 5.58 Å². The van der Waals surface area contributed by atoms with E-state index in [2.05, 4.69) is 10.5 Å². The zero-order chi connectivity index (χ0) is 14.0. The lowest BCUT2D eigenvalue weighted by Gasteiger charge is -2.20. The summed E-state index contributed by atoms with van der Waals surface area (Å²) in [4.78, 5) is 11.9. The van der Waals surface area contributed by atoms with Crippen molar-refractivity contribution < 1.29 is 19.2 Å². The number of carbonyl (C=O) groups excluding carboxylic acids is 1. The highest BCUT2D eigenvalue weighted by Crippen LogP contribution is 2.19. The predicted octanol–water partition coefficient (Wildman–Crippen LogP) is 0.638. The Morgan fingerprint density at radius 2 is 2.30 bits per heavy atom. The first-order chi connectivity index (χ1) is 9.66. The highest BCUT2D eigenvalue weighted by molar-refractivity contribution is 5.86. The molecular formula is C14H16N2O4. The van der Waals surface area contributed by atoms with E-state index in [1.807, 2.05) is 24.3 Å². The maximum absolute atomic E-state index is 11.9. The predicted molar refractivity (Wildman–Crippen MR) is 71.1 cm³/mol. The van der Waals surface area contributed by atoms with Crippen LogP contribution < -0.4 is 5.32 Å². The van der Waals surface area contributed by atoms with Crippen LogP contribution in [-0.4, -0.2) is 41.5 Å². The molecule has 1 aromatic heterocycles. The number of nitrogens with one attached hydrogen (secondary N) is 1. The number of hydrogen-bond acceptors (Lipinski definition) is 5. The maximum atomic E-state index is 11.9. The Hall–Kier alpha value is -1.92. The summed E-state index contributed by atoms with van der Waals surface area (Å²) >= 11 is 0. The van der Waals surface area contributed by atoms with Gasteiger partial charge in [-0.1, -0.05) is 17.3 Å². The summed E-state index contributed by atoms with van der Waals surface area (Å²) in [5.74, 6) is -0.190. The molecule has 6 heteroatoms. The summed E-state index contributed by atoms with van der Waals surface area (Å²) in [7, 11) is 0. The van der Waals surface area contributed by atoms with Gasteiger partial charge in [-0.3, -0.25) is 4.79 Å². The zero-order valence-electron chi connectivity index (χ0n) is 11.0. The lowest BCUT2D eigenvalue weighted by atomic mass is 10.0. The van der Waals surface area contributed by atoms with Crippen LogP contribution in [0.25, 0.3) is 11.0 Å². The van der Waals surface area contributed by atoms with Crippen LogP contribution in [0.15, 0.2) is 28.8 Å². The molecule has 1 aliphatic rings. The largest absolute Gasteiger partial charge is 0.386 e. The summed E-state index contributed by atoms with van der Waals surface area (Å²) in [6.07, 6.45) is 0.675. The number of hydrogen-bond donors (Lipinski definition) is 2. The number of ether oxygens (including phenoxy) is 1. The third kappa shape index (κ3) is 2.66. The van der Waals surface area contributed by atoms with Crippen LogP contribution in [0.4, 0.5) is 0 Å². The Morgan fingerprint density at radius 3 is 3.10 bits per heavy atom. The van der Waals surface area contributed by atoms with E-state index in [9.17, 15) is 9.90 Å². The molecule has 0 saturated carbocycles. The van der Waals surface area contributed by atoms with Gasteiger partial charge >= 0.3 is 0 Å². The molecule has 0 bridgehead atoms. The third-order valence-electron chi connectivity index (χ3n) is 3.48. The molecule has 6 nitrogen and oxygen atoms in total. The fraction of sp³-hybridized carbons (Fsp3) is 0.429. The number of aliphatic hydroxyl groups is 1. The van der Waals surface area contributed by atoms with Crippen molar-refractivity contribution in [3.05, 3.63) is 30.0 Å². The van der Waals surface area contributed by atoms with Gasteiger partial charge in [0.05, 0.1) is 13.0 Å². The van der Waals surface area contributed by atoms with Crippen molar-refractivity contribution in [2.75, 3.05) is 19.8 Å². The standard InChI is InChI=1S/C14H16N2O4/c17-13(15-8-14(18)5-6-19-9-14)7-11-10-3-1-2-4-12(10)20-16-11/h1-4,18H,5-9H2,(H,15,17). The number of amides is 1. The molecule has 1 saturated heterocycles. The molecule has 2 N–H and O–H groups in total. The average molecular weight is 276 g/mol. The SMILES string of the molecule is O=C(Cc1noc2ccccc12)NCC1(O)CCOC1. The molecule has 0 aliphatic carbocycles. The van der Waals surface area contributed by atoms with Gasteiger partial charge in [0.25, 0.3) is 0 Å². The number of rotatable bonds is 4. The number of nitrogens with zero attached hydrogens (tertiary/aromatic N) is 1. The van der Waals surface area contributed by atoms with Crippen molar-refractivity contribution in [1.29, 1.82) is 0 Å². The summed E-state index contributed by atoms with van der Waals surface area (Å²) < 4.78 is 10.3. The average Bonchev–Trinajstić information content (AvgIpc) is 3.05. The smallest absolute Gasteiger partial charge is 0.226 e. The minimum Gasteiger partial charge on any atom is -0.386 e. The fourth-order valence-corrected chi connectivity index (χ4v) is 2.28. The van der Waals surface area contributed by atoms with Gasteiger partial charge in [-0.2, -0.15) is 0 Å². The van der Waals surface area contributed by atoms with Crippen LogP contribution in [0.3, 0.4) is 0 Å². The van der Waals surface area contributed by atoms with E-state index >= 15 is 0 Å². The van der Waals surface area contributed by atoms with Gasteiger partial charge in [0, 0.05) is 25.0 Å². The van der Waals surface area contributed by atoms with Gasteiger partial charge in [-0.05, 0) is 12.1 Å². The Bertz CT molecular complexity index is 616. The maximum Gasteiger partial charge on any atom is 0.226 e. The van der Waals surface area contributed by atoms with E-state index in [1.165, 1.54) is 0 Å². The number of carbonyl (C=O) groups is 1. The molecule has 1 fully saturated rings. The van der Waals surface area contributed by atoms with Gasteiger partial charge in [0.1, 0.15) is 11.3 Å². The molecule has 2 aromatic rings. The quantitative estimate of drug-likeness (QED) is 0.856. The second-order valence-electron chi connectivity index (χ2n) is 5.11. The normalized spacial score (nSPS) is 22.2. The molecule has 106 valence electrons. The second-order valence-corrected chi connectivity index (χ2v) is 5.11. The first-order valence-electron chi connectivity index (χ1n) is 6.56. The molecular weight excluding hydrogens is 260 g/mol. The minimum atomic E-state index is -0.943. The van der Waals surface area contributed by atoms with Crippen molar-refractivity contribution in [3.8, 4) is 0 Å². The van der Waals surface area contributed by atoms with Crippen molar-refractivity contribution in [1.82, 2.24) is 10.5 Å². The van der Waals surface area contributed by atoms with Crippen molar-refractivity contribution >= 4 is 16.9 Å². The van der Waals surface area contributed by atoms with Crippen LogP contribution in [0.1, 0.15) is 12.1 Å². The van der Waals surface area contributed by atoms with Crippen LogP contribution in [-0.2, 0) is 16.0 Å². The second kappa shape index (κ2) is 5.22. The van der Waals surface area contributed by atoms with E-state index in [0.717, 1.165) is 5.39 Å². The number of para-hydroxylation sites is 1. The molecule has 20 heavy (non-hydrogen) atoms. The number of benzene rings is 1. The van der Waals surface area contributed by atoms with Crippen LogP contribution in [0.2, 0.25) is 0 Å². The van der Waals surface area contributed by atoms with Gasteiger partial charge in [-0.15, -0.1) is 0 Å². The van der Waals surface area contributed by atoms with E-state index < -0.39 is 5.60 Å². The Balaban J connectivity index is 1.61. The van der Waals surface area contributed by atoms with Gasteiger partial charge in [0.2, 0.25) is 5.91 Å². The van der Waals surface area contributed by atoms with Crippen molar-refractivity contribution in [2.45, 2.75) is 18.4 Å². The van der Waals surface area contributed by atoms with E-state index in [-0.39, 0.29) is 25.5 Å². The van der Waals surface area contributed by atoms with Crippen LogP contribution in [0, 0.1) is 0 Å².